The van der Waals surface area contributed by atoms with Gasteiger partial charge in [0.05, 0.1) is 19.3 Å². The molecule has 3 nitrogen and oxygen atoms in total. The van der Waals surface area contributed by atoms with E-state index in [1.165, 1.54) is 0 Å². The van der Waals surface area contributed by atoms with Gasteiger partial charge in [-0.15, -0.1) is 0 Å². The van der Waals surface area contributed by atoms with Gasteiger partial charge in [0.25, 0.3) is 0 Å². The predicted octanol–water partition coefficient (Wildman–Crippen LogP) is 3.70. The highest BCUT2D eigenvalue weighted by atomic mass is 19.4. The molecule has 1 atom stereocenters. The fraction of sp³-hybridized carbons (Fsp3) is 0.600. The van der Waals surface area contributed by atoms with Crippen molar-refractivity contribution in [2.75, 3.05) is 26.4 Å². The maximum atomic E-state index is 12.2. The fourth-order valence-corrected chi connectivity index (χ4v) is 1.87. The van der Waals surface area contributed by atoms with E-state index in [2.05, 4.69) is 5.32 Å². The lowest BCUT2D eigenvalue weighted by atomic mass is 10.1. The van der Waals surface area contributed by atoms with Crippen LogP contribution in [0.25, 0.3) is 0 Å². The van der Waals surface area contributed by atoms with Gasteiger partial charge in [-0.1, -0.05) is 19.1 Å². The normalized spacial score (nSPS) is 13.2. The van der Waals surface area contributed by atoms with Crippen LogP contribution in [0.1, 0.15) is 31.9 Å². The van der Waals surface area contributed by atoms with Crippen molar-refractivity contribution in [2.24, 2.45) is 0 Å². The molecule has 0 fully saturated rings. The summed E-state index contributed by atoms with van der Waals surface area (Å²) in [4.78, 5) is 0. The van der Waals surface area contributed by atoms with E-state index in [1.807, 2.05) is 38.1 Å². The van der Waals surface area contributed by atoms with Gasteiger partial charge in [-0.2, -0.15) is 13.2 Å². The molecule has 0 saturated carbocycles. The molecule has 0 aromatic heterocycles. The molecule has 1 N–H and O–H groups in total. The first kappa shape index (κ1) is 17.8. The molecule has 0 spiro atoms. The Bertz CT molecular complexity index is 410. The Morgan fingerprint density at radius 1 is 1.24 bits per heavy atom. The second-order valence-electron chi connectivity index (χ2n) is 4.64. The zero-order valence-electron chi connectivity index (χ0n) is 12.4. The number of halogens is 3. The summed E-state index contributed by atoms with van der Waals surface area (Å²) in [5.74, 6) is 0.703. The first-order valence-corrected chi connectivity index (χ1v) is 7.07. The van der Waals surface area contributed by atoms with Crippen molar-refractivity contribution in [3.8, 4) is 5.75 Å². The molecule has 1 aromatic rings. The lowest BCUT2D eigenvalue weighted by molar-refractivity contribution is -0.175. The standard InChI is InChI=1S/C15H22F3NO2/c1-3-8-19-14(10-20-11-15(16,17)18)12-6-5-7-13(9-12)21-4-2/h5-7,9,14,19H,3-4,8,10-11H2,1-2H3. The van der Waals surface area contributed by atoms with Gasteiger partial charge in [-0.3, -0.25) is 0 Å². The van der Waals surface area contributed by atoms with Crippen molar-refractivity contribution in [1.29, 1.82) is 0 Å². The van der Waals surface area contributed by atoms with Crippen LogP contribution in [0.5, 0.6) is 5.75 Å². The second-order valence-corrected chi connectivity index (χ2v) is 4.64. The van der Waals surface area contributed by atoms with E-state index in [0.717, 1.165) is 12.0 Å². The van der Waals surface area contributed by atoms with Crippen molar-refractivity contribution < 1.29 is 22.6 Å². The summed E-state index contributed by atoms with van der Waals surface area (Å²) in [7, 11) is 0. The number of benzene rings is 1. The van der Waals surface area contributed by atoms with Crippen LogP contribution in [0.4, 0.5) is 13.2 Å². The third kappa shape index (κ3) is 7.34. The number of nitrogens with one attached hydrogen (secondary N) is 1. The summed E-state index contributed by atoms with van der Waals surface area (Å²) in [6, 6.07) is 7.04. The Kier molecular flexibility index (Phi) is 7.53. The summed E-state index contributed by atoms with van der Waals surface area (Å²) in [5.41, 5.74) is 0.858. The largest absolute Gasteiger partial charge is 0.494 e. The Balaban J connectivity index is 2.69. The smallest absolute Gasteiger partial charge is 0.411 e. The van der Waals surface area contributed by atoms with E-state index in [4.69, 9.17) is 9.47 Å². The predicted molar refractivity (Wildman–Crippen MR) is 75.5 cm³/mol. The summed E-state index contributed by atoms with van der Waals surface area (Å²) in [6.45, 7) is 3.86. The quantitative estimate of drug-likeness (QED) is 0.754. The molecule has 0 aliphatic carbocycles. The maximum absolute atomic E-state index is 12.2. The first-order valence-electron chi connectivity index (χ1n) is 7.07. The van der Waals surface area contributed by atoms with Gasteiger partial charge in [0.2, 0.25) is 0 Å². The van der Waals surface area contributed by atoms with Crippen LogP contribution >= 0.6 is 0 Å². The highest BCUT2D eigenvalue weighted by Gasteiger charge is 2.28. The lowest BCUT2D eigenvalue weighted by Gasteiger charge is -2.20. The van der Waals surface area contributed by atoms with E-state index in [0.29, 0.717) is 18.9 Å². The van der Waals surface area contributed by atoms with E-state index in [1.54, 1.807) is 0 Å². The number of ether oxygens (including phenoxy) is 2. The summed E-state index contributed by atoms with van der Waals surface area (Å²) in [6.07, 6.45) is -3.41. The van der Waals surface area contributed by atoms with E-state index >= 15 is 0 Å². The fourth-order valence-electron chi connectivity index (χ4n) is 1.87. The SMILES string of the molecule is CCCNC(COCC(F)(F)F)c1cccc(OCC)c1. The molecule has 0 amide bonds. The van der Waals surface area contributed by atoms with Crippen molar-refractivity contribution in [1.82, 2.24) is 5.32 Å². The van der Waals surface area contributed by atoms with Crippen LogP contribution in [0.2, 0.25) is 0 Å². The van der Waals surface area contributed by atoms with Crippen molar-refractivity contribution in [3.63, 3.8) is 0 Å². The van der Waals surface area contributed by atoms with Crippen LogP contribution < -0.4 is 10.1 Å². The monoisotopic (exact) mass is 305 g/mol. The third-order valence-electron chi connectivity index (χ3n) is 2.76. The molecule has 1 unspecified atom stereocenters. The second kappa shape index (κ2) is 8.89. The van der Waals surface area contributed by atoms with Gasteiger partial charge in [0.1, 0.15) is 12.4 Å². The van der Waals surface area contributed by atoms with Crippen LogP contribution in [0.15, 0.2) is 24.3 Å². The Labute approximate surface area is 123 Å². The Morgan fingerprint density at radius 3 is 2.62 bits per heavy atom. The molecule has 0 radical (unpaired) electrons. The van der Waals surface area contributed by atoms with Crippen molar-refractivity contribution >= 4 is 0 Å². The zero-order valence-corrected chi connectivity index (χ0v) is 12.4. The van der Waals surface area contributed by atoms with Gasteiger partial charge in [0, 0.05) is 0 Å². The Hall–Kier alpha value is -1.27. The lowest BCUT2D eigenvalue weighted by Crippen LogP contribution is -2.28. The molecule has 0 aliphatic heterocycles. The molecule has 120 valence electrons. The van der Waals surface area contributed by atoms with Gasteiger partial charge in [0.15, 0.2) is 0 Å². The molecular formula is C15H22F3NO2. The van der Waals surface area contributed by atoms with Gasteiger partial charge < -0.3 is 14.8 Å². The summed E-state index contributed by atoms with van der Waals surface area (Å²) >= 11 is 0. The minimum atomic E-state index is -4.30. The molecule has 1 rings (SSSR count). The first-order chi connectivity index (χ1) is 9.96. The Morgan fingerprint density at radius 2 is 2.00 bits per heavy atom. The van der Waals surface area contributed by atoms with Crippen LogP contribution in [0, 0.1) is 0 Å². The maximum Gasteiger partial charge on any atom is 0.411 e. The van der Waals surface area contributed by atoms with E-state index in [9.17, 15) is 13.2 Å². The average molecular weight is 305 g/mol. The van der Waals surface area contributed by atoms with Gasteiger partial charge in [-0.05, 0) is 37.6 Å². The molecule has 0 bridgehead atoms. The molecule has 21 heavy (non-hydrogen) atoms. The van der Waals surface area contributed by atoms with Crippen LogP contribution in [-0.4, -0.2) is 32.5 Å². The summed E-state index contributed by atoms with van der Waals surface area (Å²) < 4.78 is 46.7. The van der Waals surface area contributed by atoms with Crippen LogP contribution in [-0.2, 0) is 4.74 Å². The topological polar surface area (TPSA) is 30.5 Å². The minimum absolute atomic E-state index is 0.0327. The number of hydrogen-bond donors (Lipinski definition) is 1. The molecular weight excluding hydrogens is 283 g/mol. The minimum Gasteiger partial charge on any atom is -0.494 e. The van der Waals surface area contributed by atoms with Gasteiger partial charge >= 0.3 is 6.18 Å². The van der Waals surface area contributed by atoms with E-state index < -0.39 is 12.8 Å². The van der Waals surface area contributed by atoms with Crippen molar-refractivity contribution in [3.05, 3.63) is 29.8 Å². The molecule has 1 aromatic carbocycles. The van der Waals surface area contributed by atoms with Crippen LogP contribution in [0.3, 0.4) is 0 Å². The van der Waals surface area contributed by atoms with Crippen molar-refractivity contribution in [2.45, 2.75) is 32.5 Å². The molecule has 0 saturated heterocycles. The highest BCUT2D eigenvalue weighted by molar-refractivity contribution is 5.30. The number of rotatable bonds is 9. The summed E-state index contributed by atoms with van der Waals surface area (Å²) in [5, 5.41) is 3.19. The number of alkyl halides is 3. The molecule has 0 heterocycles. The third-order valence-corrected chi connectivity index (χ3v) is 2.76. The number of hydrogen-bond acceptors (Lipinski definition) is 3. The average Bonchev–Trinajstić information content (AvgIpc) is 2.42. The van der Waals surface area contributed by atoms with E-state index in [-0.39, 0.29) is 12.6 Å². The van der Waals surface area contributed by atoms with Gasteiger partial charge in [-0.25, -0.2) is 0 Å². The molecule has 0 aliphatic rings. The highest BCUT2D eigenvalue weighted by Crippen LogP contribution is 2.21. The zero-order chi connectivity index (χ0) is 15.7. The molecule has 6 heteroatoms.